The van der Waals surface area contributed by atoms with Crippen LogP contribution in [0.4, 0.5) is 0 Å². The van der Waals surface area contributed by atoms with Crippen molar-refractivity contribution < 1.29 is 9.26 Å². The van der Waals surface area contributed by atoms with E-state index in [2.05, 4.69) is 28.9 Å². The molecule has 2 aliphatic rings. The summed E-state index contributed by atoms with van der Waals surface area (Å²) in [6.45, 7) is 7.22. The standard InChI is InChI=1S/C15H25N3O2/c1-11(2)15-16-14(17-20-15)13-7-5-8-18(13)10-12-6-3-4-9-19-12/h11-13H,3-10H2,1-2H3/t12-,13-/m0/s1. The second-order valence-corrected chi connectivity index (χ2v) is 6.29. The molecule has 20 heavy (non-hydrogen) atoms. The van der Waals surface area contributed by atoms with Gasteiger partial charge in [-0.25, -0.2) is 0 Å². The molecule has 2 saturated heterocycles. The van der Waals surface area contributed by atoms with Crippen LogP contribution in [0.15, 0.2) is 4.52 Å². The van der Waals surface area contributed by atoms with Crippen molar-refractivity contribution in [2.24, 2.45) is 0 Å². The minimum Gasteiger partial charge on any atom is -0.377 e. The highest BCUT2D eigenvalue weighted by Crippen LogP contribution is 2.31. The number of likely N-dealkylation sites (tertiary alicyclic amines) is 1. The lowest BCUT2D eigenvalue weighted by atomic mass is 10.1. The van der Waals surface area contributed by atoms with Gasteiger partial charge in [-0.3, -0.25) is 4.90 Å². The number of hydrogen-bond acceptors (Lipinski definition) is 5. The van der Waals surface area contributed by atoms with Crippen LogP contribution in [0.2, 0.25) is 0 Å². The first kappa shape index (κ1) is 14.0. The Kier molecular flexibility index (Phi) is 4.36. The van der Waals surface area contributed by atoms with Crippen molar-refractivity contribution in [2.75, 3.05) is 19.7 Å². The summed E-state index contributed by atoms with van der Waals surface area (Å²) in [6, 6.07) is 0.316. The van der Waals surface area contributed by atoms with Gasteiger partial charge in [0.05, 0.1) is 12.1 Å². The lowest BCUT2D eigenvalue weighted by Crippen LogP contribution is -2.35. The van der Waals surface area contributed by atoms with Crippen molar-refractivity contribution in [3.05, 3.63) is 11.7 Å². The van der Waals surface area contributed by atoms with Gasteiger partial charge in [-0.2, -0.15) is 4.98 Å². The first-order valence-electron chi connectivity index (χ1n) is 7.93. The zero-order chi connectivity index (χ0) is 13.9. The Balaban J connectivity index is 1.64. The molecule has 2 fully saturated rings. The number of aromatic nitrogens is 2. The molecule has 0 N–H and O–H groups in total. The van der Waals surface area contributed by atoms with E-state index in [9.17, 15) is 0 Å². The minimum atomic E-state index is 0.299. The maximum absolute atomic E-state index is 5.86. The van der Waals surface area contributed by atoms with Crippen molar-refractivity contribution in [1.82, 2.24) is 15.0 Å². The lowest BCUT2D eigenvalue weighted by molar-refractivity contribution is -0.00870. The van der Waals surface area contributed by atoms with Crippen molar-refractivity contribution in [2.45, 2.75) is 64.0 Å². The highest BCUT2D eigenvalue weighted by molar-refractivity contribution is 5.00. The van der Waals surface area contributed by atoms with Crippen LogP contribution in [0.25, 0.3) is 0 Å². The van der Waals surface area contributed by atoms with Crippen LogP contribution in [-0.4, -0.2) is 40.8 Å². The Hall–Kier alpha value is -0.940. The molecule has 3 rings (SSSR count). The van der Waals surface area contributed by atoms with E-state index in [1.165, 1.54) is 25.7 Å². The van der Waals surface area contributed by atoms with E-state index >= 15 is 0 Å². The molecule has 2 aliphatic heterocycles. The molecule has 5 heteroatoms. The number of ether oxygens (including phenoxy) is 1. The predicted octanol–water partition coefficient (Wildman–Crippen LogP) is 2.90. The monoisotopic (exact) mass is 279 g/mol. The van der Waals surface area contributed by atoms with Crippen LogP contribution >= 0.6 is 0 Å². The topological polar surface area (TPSA) is 51.4 Å². The Bertz CT molecular complexity index is 427. The van der Waals surface area contributed by atoms with Crippen LogP contribution in [-0.2, 0) is 4.74 Å². The first-order valence-corrected chi connectivity index (χ1v) is 7.93. The Labute approximate surface area is 120 Å². The van der Waals surface area contributed by atoms with Crippen LogP contribution in [0, 0.1) is 0 Å². The van der Waals surface area contributed by atoms with Gasteiger partial charge in [0.2, 0.25) is 5.89 Å². The minimum absolute atomic E-state index is 0.299. The van der Waals surface area contributed by atoms with Crippen molar-refractivity contribution >= 4 is 0 Å². The van der Waals surface area contributed by atoms with Crippen LogP contribution in [0.5, 0.6) is 0 Å². The van der Waals surface area contributed by atoms with Crippen molar-refractivity contribution in [3.63, 3.8) is 0 Å². The average Bonchev–Trinajstić information content (AvgIpc) is 3.08. The molecule has 0 aliphatic carbocycles. The molecule has 0 saturated carbocycles. The molecule has 112 valence electrons. The van der Waals surface area contributed by atoms with Gasteiger partial charge in [0.15, 0.2) is 5.82 Å². The first-order chi connectivity index (χ1) is 9.74. The molecule has 0 bridgehead atoms. The molecule has 0 amide bonds. The zero-order valence-corrected chi connectivity index (χ0v) is 12.5. The highest BCUT2D eigenvalue weighted by Gasteiger charge is 2.32. The van der Waals surface area contributed by atoms with E-state index < -0.39 is 0 Å². The molecular weight excluding hydrogens is 254 g/mol. The van der Waals surface area contributed by atoms with Crippen LogP contribution in [0.1, 0.15) is 69.6 Å². The number of rotatable bonds is 4. The molecular formula is C15H25N3O2. The Morgan fingerprint density at radius 1 is 1.25 bits per heavy atom. The fraction of sp³-hybridized carbons (Fsp3) is 0.867. The molecule has 1 aromatic rings. The third-order valence-corrected chi connectivity index (χ3v) is 4.33. The molecule has 5 nitrogen and oxygen atoms in total. The molecule has 1 aromatic heterocycles. The molecule has 2 atom stereocenters. The maximum Gasteiger partial charge on any atom is 0.229 e. The molecule has 0 spiro atoms. The SMILES string of the molecule is CC(C)c1nc([C@@H]2CCCN2C[C@@H]2CCCCO2)no1. The summed E-state index contributed by atoms with van der Waals surface area (Å²) >= 11 is 0. The lowest BCUT2D eigenvalue weighted by Gasteiger charge is -2.29. The van der Waals surface area contributed by atoms with Gasteiger partial charge in [-0.15, -0.1) is 0 Å². The van der Waals surface area contributed by atoms with Gasteiger partial charge in [-0.1, -0.05) is 19.0 Å². The Morgan fingerprint density at radius 3 is 2.85 bits per heavy atom. The van der Waals surface area contributed by atoms with E-state index in [0.29, 0.717) is 18.1 Å². The van der Waals surface area contributed by atoms with Gasteiger partial charge >= 0.3 is 0 Å². The summed E-state index contributed by atoms with van der Waals surface area (Å²) in [5, 5.41) is 4.19. The van der Waals surface area contributed by atoms with E-state index in [1.54, 1.807) is 0 Å². The van der Waals surface area contributed by atoms with Gasteiger partial charge < -0.3 is 9.26 Å². The summed E-state index contributed by atoms with van der Waals surface area (Å²) in [6.07, 6.45) is 6.42. The molecule has 3 heterocycles. The zero-order valence-electron chi connectivity index (χ0n) is 12.5. The van der Waals surface area contributed by atoms with E-state index in [0.717, 1.165) is 37.8 Å². The highest BCUT2D eigenvalue weighted by atomic mass is 16.5. The van der Waals surface area contributed by atoms with E-state index in [-0.39, 0.29) is 0 Å². The maximum atomic E-state index is 5.86. The van der Waals surface area contributed by atoms with Gasteiger partial charge in [0, 0.05) is 19.1 Å². The normalized spacial score (nSPS) is 28.4. The number of nitrogens with zero attached hydrogens (tertiary/aromatic N) is 3. The predicted molar refractivity (Wildman–Crippen MR) is 75.5 cm³/mol. The van der Waals surface area contributed by atoms with Gasteiger partial charge in [0.1, 0.15) is 0 Å². The van der Waals surface area contributed by atoms with Gasteiger partial charge in [0.25, 0.3) is 0 Å². The van der Waals surface area contributed by atoms with E-state index in [4.69, 9.17) is 9.26 Å². The van der Waals surface area contributed by atoms with Crippen molar-refractivity contribution in [3.8, 4) is 0 Å². The summed E-state index contributed by atoms with van der Waals surface area (Å²) in [5.74, 6) is 1.91. The second kappa shape index (κ2) is 6.22. The molecule has 0 unspecified atom stereocenters. The summed E-state index contributed by atoms with van der Waals surface area (Å²) < 4.78 is 11.2. The number of hydrogen-bond donors (Lipinski definition) is 0. The molecule has 0 aromatic carbocycles. The Morgan fingerprint density at radius 2 is 2.15 bits per heavy atom. The van der Waals surface area contributed by atoms with E-state index in [1.807, 2.05) is 0 Å². The smallest absolute Gasteiger partial charge is 0.229 e. The summed E-state index contributed by atoms with van der Waals surface area (Å²) in [7, 11) is 0. The fourth-order valence-electron chi connectivity index (χ4n) is 3.17. The summed E-state index contributed by atoms with van der Waals surface area (Å²) in [5.41, 5.74) is 0. The van der Waals surface area contributed by atoms with Crippen LogP contribution in [0.3, 0.4) is 0 Å². The van der Waals surface area contributed by atoms with Crippen LogP contribution < -0.4 is 0 Å². The third-order valence-electron chi connectivity index (χ3n) is 4.33. The summed E-state index contributed by atoms with van der Waals surface area (Å²) in [4.78, 5) is 7.05. The average molecular weight is 279 g/mol. The third kappa shape index (κ3) is 3.04. The van der Waals surface area contributed by atoms with Crippen molar-refractivity contribution in [1.29, 1.82) is 0 Å². The quantitative estimate of drug-likeness (QED) is 0.848. The second-order valence-electron chi connectivity index (χ2n) is 6.29. The largest absolute Gasteiger partial charge is 0.377 e. The van der Waals surface area contributed by atoms with Gasteiger partial charge in [-0.05, 0) is 38.6 Å². The molecule has 0 radical (unpaired) electrons. The fourth-order valence-corrected chi connectivity index (χ4v) is 3.17.